The lowest BCUT2D eigenvalue weighted by atomic mass is 10.1. The largest absolute Gasteiger partial charge is 0.493 e. The molecule has 0 aliphatic carbocycles. The third kappa shape index (κ3) is 6.25. The van der Waals surface area contributed by atoms with Gasteiger partial charge in [0.1, 0.15) is 0 Å². The van der Waals surface area contributed by atoms with Crippen LogP contribution in [0.3, 0.4) is 0 Å². The van der Waals surface area contributed by atoms with E-state index in [0.717, 1.165) is 16.7 Å². The molecular weight excluding hydrogens is 562 g/mol. The van der Waals surface area contributed by atoms with Crippen LogP contribution in [-0.2, 0) is 19.6 Å². The molecule has 0 spiro atoms. The van der Waals surface area contributed by atoms with Crippen LogP contribution in [0.4, 0.5) is 4.79 Å². The zero-order valence-corrected chi connectivity index (χ0v) is 23.8. The van der Waals surface area contributed by atoms with Crippen LogP contribution in [0.2, 0.25) is 0 Å². The number of hydrogen-bond acceptors (Lipinski definition) is 10. The van der Waals surface area contributed by atoms with Crippen LogP contribution >= 0.6 is 11.8 Å². The number of hydrogen-bond donors (Lipinski definition) is 1. The third-order valence-corrected chi connectivity index (χ3v) is 8.99. The molecule has 1 N–H and O–H groups in total. The van der Waals surface area contributed by atoms with Crippen molar-refractivity contribution in [2.75, 3.05) is 60.7 Å². The normalized spacial score (nSPS) is 17.3. The summed E-state index contributed by atoms with van der Waals surface area (Å²) in [7, 11) is 0.663. The molecule has 0 aromatic heterocycles. The highest BCUT2D eigenvalue weighted by Crippen LogP contribution is 2.40. The van der Waals surface area contributed by atoms with Gasteiger partial charge in [-0.3, -0.25) is 19.3 Å². The highest BCUT2D eigenvalue weighted by atomic mass is 32.2. The van der Waals surface area contributed by atoms with Crippen molar-refractivity contribution in [3.63, 3.8) is 0 Å². The molecule has 0 bridgehead atoms. The molecule has 3 amide bonds. The molecule has 0 atom stereocenters. The zero-order chi connectivity index (χ0) is 28.9. The Labute approximate surface area is 236 Å². The van der Waals surface area contributed by atoms with E-state index in [-0.39, 0.29) is 41.5 Å². The smallest absolute Gasteiger partial charge is 0.293 e. The van der Waals surface area contributed by atoms with E-state index in [1.165, 1.54) is 49.9 Å². The summed E-state index contributed by atoms with van der Waals surface area (Å²) in [5.41, 5.74) is 0.714. The molecule has 4 rings (SSSR count). The fraction of sp³-hybridized carbons (Fsp3) is 0.346. The molecule has 0 saturated carbocycles. The fourth-order valence-electron chi connectivity index (χ4n) is 4.15. The van der Waals surface area contributed by atoms with Crippen LogP contribution in [0.1, 0.15) is 15.9 Å². The first-order chi connectivity index (χ1) is 19.2. The Morgan fingerprint density at radius 2 is 1.73 bits per heavy atom. The molecule has 2 heterocycles. The van der Waals surface area contributed by atoms with E-state index in [2.05, 4.69) is 5.32 Å². The minimum absolute atomic E-state index is 0.00456. The molecule has 2 aliphatic rings. The zero-order valence-electron chi connectivity index (χ0n) is 22.2. The topological polar surface area (TPSA) is 141 Å². The highest BCUT2D eigenvalue weighted by molar-refractivity contribution is 8.18. The summed E-state index contributed by atoms with van der Waals surface area (Å²) in [4.78, 5) is 39.5. The summed E-state index contributed by atoms with van der Waals surface area (Å²) in [6.45, 7) is 1.02. The van der Waals surface area contributed by atoms with Gasteiger partial charge in [-0.1, -0.05) is 6.07 Å². The van der Waals surface area contributed by atoms with Crippen molar-refractivity contribution >= 4 is 44.9 Å². The number of nitrogens with one attached hydrogen (secondary N) is 1. The standard InChI is InChI=1S/C26H29N3O9S2/c1-35-20-13-17(14-21(36-2)23(20)37-3)15-22-25(31)29(26(32)39-22)8-7-27-24(30)18-5-4-6-19(16-18)40(33,34)28-9-11-38-12-10-28/h4-6,13-16H,7-12H2,1-3H3,(H,27,30). The number of carbonyl (C=O) groups is 3. The van der Waals surface area contributed by atoms with E-state index in [9.17, 15) is 22.8 Å². The van der Waals surface area contributed by atoms with Crippen LogP contribution in [0.15, 0.2) is 46.2 Å². The Morgan fingerprint density at radius 3 is 2.35 bits per heavy atom. The van der Waals surface area contributed by atoms with Crippen LogP contribution in [0.25, 0.3) is 6.08 Å². The second-order valence-corrected chi connectivity index (χ2v) is 11.5. The molecule has 12 nitrogen and oxygen atoms in total. The molecule has 2 aromatic rings. The summed E-state index contributed by atoms with van der Waals surface area (Å²) >= 11 is 0.780. The van der Waals surface area contributed by atoms with Crippen LogP contribution in [0.5, 0.6) is 17.2 Å². The van der Waals surface area contributed by atoms with Gasteiger partial charge in [-0.25, -0.2) is 8.42 Å². The van der Waals surface area contributed by atoms with E-state index in [4.69, 9.17) is 18.9 Å². The number of amides is 3. The van der Waals surface area contributed by atoms with E-state index in [0.29, 0.717) is 36.0 Å². The first kappa shape index (κ1) is 29.4. The van der Waals surface area contributed by atoms with Gasteiger partial charge < -0.3 is 24.3 Å². The van der Waals surface area contributed by atoms with Crippen molar-refractivity contribution in [2.45, 2.75) is 4.90 Å². The number of thioether (sulfide) groups is 1. The van der Waals surface area contributed by atoms with Crippen LogP contribution < -0.4 is 19.5 Å². The minimum atomic E-state index is -3.77. The number of nitrogens with zero attached hydrogens (tertiary/aromatic N) is 2. The number of benzene rings is 2. The third-order valence-electron chi connectivity index (χ3n) is 6.18. The molecule has 2 aliphatic heterocycles. The molecule has 0 radical (unpaired) electrons. The predicted molar refractivity (Wildman–Crippen MR) is 147 cm³/mol. The van der Waals surface area contributed by atoms with Gasteiger partial charge >= 0.3 is 0 Å². The monoisotopic (exact) mass is 591 g/mol. The van der Waals surface area contributed by atoms with Crippen molar-refractivity contribution in [1.82, 2.24) is 14.5 Å². The molecular formula is C26H29N3O9S2. The fourth-order valence-corrected chi connectivity index (χ4v) is 6.47. The molecule has 2 saturated heterocycles. The Hall–Kier alpha value is -3.59. The Balaban J connectivity index is 1.40. The maximum absolute atomic E-state index is 12.9. The summed E-state index contributed by atoms with van der Waals surface area (Å²) in [5, 5.41) is 2.17. The lowest BCUT2D eigenvalue weighted by molar-refractivity contribution is -0.122. The van der Waals surface area contributed by atoms with Crippen LogP contribution in [0, 0.1) is 0 Å². The Kier molecular flexibility index (Phi) is 9.35. The summed E-state index contributed by atoms with van der Waals surface area (Å²) in [6.07, 6.45) is 1.55. The molecule has 14 heteroatoms. The van der Waals surface area contributed by atoms with E-state index in [1.54, 1.807) is 18.2 Å². The number of ether oxygens (including phenoxy) is 4. The maximum atomic E-state index is 12.9. The molecule has 40 heavy (non-hydrogen) atoms. The van der Waals surface area contributed by atoms with E-state index < -0.39 is 27.1 Å². The van der Waals surface area contributed by atoms with E-state index in [1.807, 2.05) is 0 Å². The predicted octanol–water partition coefficient (Wildman–Crippen LogP) is 2.20. The molecule has 0 unspecified atom stereocenters. The second kappa shape index (κ2) is 12.7. The number of imide groups is 1. The highest BCUT2D eigenvalue weighted by Gasteiger charge is 2.35. The Morgan fingerprint density at radius 1 is 1.05 bits per heavy atom. The minimum Gasteiger partial charge on any atom is -0.493 e. The average molecular weight is 592 g/mol. The van der Waals surface area contributed by atoms with Gasteiger partial charge in [-0.2, -0.15) is 4.31 Å². The van der Waals surface area contributed by atoms with Crippen LogP contribution in [-0.4, -0.2) is 95.4 Å². The lowest BCUT2D eigenvalue weighted by Crippen LogP contribution is -2.40. The van der Waals surface area contributed by atoms with Crippen molar-refractivity contribution in [2.24, 2.45) is 0 Å². The van der Waals surface area contributed by atoms with E-state index >= 15 is 0 Å². The van der Waals surface area contributed by atoms with Gasteiger partial charge in [-0.05, 0) is 53.7 Å². The number of carbonyl (C=O) groups excluding carboxylic acids is 3. The van der Waals surface area contributed by atoms with Crippen molar-refractivity contribution < 1.29 is 41.7 Å². The molecule has 2 aromatic carbocycles. The number of rotatable bonds is 10. The lowest BCUT2D eigenvalue weighted by Gasteiger charge is -2.26. The average Bonchev–Trinajstić information content (AvgIpc) is 3.24. The first-order valence-electron chi connectivity index (χ1n) is 12.2. The van der Waals surface area contributed by atoms with Crippen molar-refractivity contribution in [3.05, 3.63) is 52.4 Å². The van der Waals surface area contributed by atoms with Crippen molar-refractivity contribution in [1.29, 1.82) is 0 Å². The summed E-state index contributed by atoms with van der Waals surface area (Å²) in [6, 6.07) is 9.04. The molecule has 214 valence electrons. The number of sulfonamides is 1. The maximum Gasteiger partial charge on any atom is 0.293 e. The second-order valence-electron chi connectivity index (χ2n) is 8.59. The Bertz CT molecular complexity index is 1410. The summed E-state index contributed by atoms with van der Waals surface area (Å²) < 4.78 is 48.4. The molecule has 2 fully saturated rings. The van der Waals surface area contributed by atoms with Gasteiger partial charge in [0.15, 0.2) is 11.5 Å². The van der Waals surface area contributed by atoms with Gasteiger partial charge in [-0.15, -0.1) is 0 Å². The SMILES string of the molecule is COc1cc(C=C2SC(=O)N(CCNC(=O)c3cccc(S(=O)(=O)N4CCOCC4)c3)C2=O)cc(OC)c1OC. The van der Waals surface area contributed by atoms with Gasteiger partial charge in [0.25, 0.3) is 17.1 Å². The first-order valence-corrected chi connectivity index (χ1v) is 14.5. The summed E-state index contributed by atoms with van der Waals surface area (Å²) in [5.74, 6) is 0.166. The number of morpholine rings is 1. The number of methoxy groups -OCH3 is 3. The van der Waals surface area contributed by atoms with Gasteiger partial charge in [0.2, 0.25) is 15.8 Å². The van der Waals surface area contributed by atoms with Crippen molar-refractivity contribution in [3.8, 4) is 17.2 Å². The quantitative estimate of drug-likeness (QED) is 0.409. The van der Waals surface area contributed by atoms with Gasteiger partial charge in [0.05, 0.1) is 44.3 Å². The van der Waals surface area contributed by atoms with Gasteiger partial charge in [0, 0.05) is 31.7 Å².